The number of allylic oxidation sites excluding steroid dienone is 1. The molecule has 0 unspecified atom stereocenters. The zero-order valence-electron chi connectivity index (χ0n) is 11.7. The van der Waals surface area contributed by atoms with E-state index >= 15 is 0 Å². The highest BCUT2D eigenvalue weighted by atomic mass is 19.1. The highest BCUT2D eigenvalue weighted by molar-refractivity contribution is 5.92. The maximum atomic E-state index is 13.1. The number of hydrogen-bond donors (Lipinski definition) is 1. The van der Waals surface area contributed by atoms with Gasteiger partial charge in [-0.15, -0.1) is 0 Å². The Hall–Kier alpha value is -1.68. The second kappa shape index (κ2) is 7.20. The van der Waals surface area contributed by atoms with Gasteiger partial charge in [0.2, 0.25) is 0 Å². The SMILES string of the molecule is CCOC(=O)/C=C(\c1ccc(F)cc1)C1CCNCC1. The molecule has 2 rings (SSSR count). The van der Waals surface area contributed by atoms with Crippen LogP contribution in [0.25, 0.3) is 5.57 Å². The van der Waals surface area contributed by atoms with E-state index in [0.29, 0.717) is 12.5 Å². The monoisotopic (exact) mass is 277 g/mol. The van der Waals surface area contributed by atoms with Crippen LogP contribution in [0.1, 0.15) is 25.3 Å². The van der Waals surface area contributed by atoms with Gasteiger partial charge in [0.1, 0.15) is 5.82 Å². The molecule has 0 aliphatic carbocycles. The lowest BCUT2D eigenvalue weighted by atomic mass is 9.85. The molecule has 0 aromatic heterocycles. The van der Waals surface area contributed by atoms with Crippen LogP contribution >= 0.6 is 0 Å². The van der Waals surface area contributed by atoms with Crippen molar-refractivity contribution >= 4 is 11.5 Å². The van der Waals surface area contributed by atoms with E-state index in [1.165, 1.54) is 12.1 Å². The highest BCUT2D eigenvalue weighted by Crippen LogP contribution is 2.30. The molecule has 1 aliphatic heterocycles. The van der Waals surface area contributed by atoms with Gasteiger partial charge in [-0.1, -0.05) is 12.1 Å². The number of esters is 1. The second-order valence-electron chi connectivity index (χ2n) is 4.88. The van der Waals surface area contributed by atoms with Crippen LogP contribution in [0.3, 0.4) is 0 Å². The fourth-order valence-electron chi connectivity index (χ4n) is 2.52. The summed E-state index contributed by atoms with van der Waals surface area (Å²) in [7, 11) is 0. The Morgan fingerprint density at radius 2 is 2.00 bits per heavy atom. The van der Waals surface area contributed by atoms with E-state index < -0.39 is 0 Å². The van der Waals surface area contributed by atoms with Crippen molar-refractivity contribution in [2.45, 2.75) is 19.8 Å². The van der Waals surface area contributed by atoms with Gasteiger partial charge in [-0.25, -0.2) is 9.18 Å². The Labute approximate surface area is 118 Å². The summed E-state index contributed by atoms with van der Waals surface area (Å²) in [5.74, 6) is -0.286. The van der Waals surface area contributed by atoms with E-state index in [1.807, 2.05) is 0 Å². The van der Waals surface area contributed by atoms with Crippen molar-refractivity contribution in [3.05, 3.63) is 41.7 Å². The van der Waals surface area contributed by atoms with Crippen LogP contribution in [0, 0.1) is 11.7 Å². The Kier molecular flexibility index (Phi) is 5.30. The van der Waals surface area contributed by atoms with Gasteiger partial charge < -0.3 is 10.1 Å². The summed E-state index contributed by atoms with van der Waals surface area (Å²) < 4.78 is 18.1. The molecule has 3 nitrogen and oxygen atoms in total. The fraction of sp³-hybridized carbons (Fsp3) is 0.438. The lowest BCUT2D eigenvalue weighted by Crippen LogP contribution is -2.28. The van der Waals surface area contributed by atoms with E-state index in [0.717, 1.165) is 37.1 Å². The third-order valence-corrected chi connectivity index (χ3v) is 3.52. The molecule has 0 radical (unpaired) electrons. The van der Waals surface area contributed by atoms with Gasteiger partial charge in [0, 0.05) is 6.08 Å². The van der Waals surface area contributed by atoms with Gasteiger partial charge >= 0.3 is 5.97 Å². The number of halogens is 1. The van der Waals surface area contributed by atoms with Crippen LogP contribution in [0.5, 0.6) is 0 Å². The molecule has 1 N–H and O–H groups in total. The van der Waals surface area contributed by atoms with E-state index in [-0.39, 0.29) is 11.8 Å². The summed E-state index contributed by atoms with van der Waals surface area (Å²) in [6.45, 7) is 4.02. The van der Waals surface area contributed by atoms with Crippen molar-refractivity contribution < 1.29 is 13.9 Å². The van der Waals surface area contributed by atoms with Crippen LogP contribution in [0.2, 0.25) is 0 Å². The molecule has 1 heterocycles. The van der Waals surface area contributed by atoms with Crippen LogP contribution in [0.4, 0.5) is 4.39 Å². The number of carbonyl (C=O) groups excluding carboxylic acids is 1. The minimum absolute atomic E-state index is 0.269. The molecule has 1 saturated heterocycles. The Balaban J connectivity index is 2.27. The number of hydrogen-bond acceptors (Lipinski definition) is 3. The molecule has 0 amide bonds. The molecule has 0 saturated carbocycles. The minimum Gasteiger partial charge on any atom is -0.463 e. The minimum atomic E-state index is -0.328. The standard InChI is InChI=1S/C16H20FNO2/c1-2-20-16(19)11-15(13-7-9-18-10-8-13)12-3-5-14(17)6-4-12/h3-6,11,13,18H,2,7-10H2,1H3/b15-11+. The molecular weight excluding hydrogens is 257 g/mol. The normalized spacial score (nSPS) is 17.0. The maximum absolute atomic E-state index is 13.1. The molecule has 108 valence electrons. The molecule has 0 bridgehead atoms. The van der Waals surface area contributed by atoms with Crippen LogP contribution in [0.15, 0.2) is 30.3 Å². The average molecular weight is 277 g/mol. The first-order chi connectivity index (χ1) is 9.70. The second-order valence-corrected chi connectivity index (χ2v) is 4.88. The number of ether oxygens (including phenoxy) is 1. The van der Waals surface area contributed by atoms with Crippen molar-refractivity contribution in [1.82, 2.24) is 5.32 Å². The molecule has 0 atom stereocenters. The van der Waals surface area contributed by atoms with Crippen LogP contribution in [-0.2, 0) is 9.53 Å². The third-order valence-electron chi connectivity index (χ3n) is 3.52. The van der Waals surface area contributed by atoms with Crippen molar-refractivity contribution in [1.29, 1.82) is 0 Å². The summed E-state index contributed by atoms with van der Waals surface area (Å²) in [5, 5.41) is 3.31. The molecule has 1 aromatic rings. The van der Waals surface area contributed by atoms with Gasteiger partial charge in [-0.2, -0.15) is 0 Å². The van der Waals surface area contributed by atoms with E-state index in [4.69, 9.17) is 4.74 Å². The van der Waals surface area contributed by atoms with Gasteiger partial charge in [-0.05, 0) is 62.0 Å². The number of rotatable bonds is 4. The summed E-state index contributed by atoms with van der Waals surface area (Å²) in [6, 6.07) is 6.30. The van der Waals surface area contributed by atoms with E-state index in [9.17, 15) is 9.18 Å². The summed E-state index contributed by atoms with van der Waals surface area (Å²) >= 11 is 0. The van der Waals surface area contributed by atoms with Crippen molar-refractivity contribution in [3.63, 3.8) is 0 Å². The molecule has 1 fully saturated rings. The van der Waals surface area contributed by atoms with Gasteiger partial charge in [0.15, 0.2) is 0 Å². The van der Waals surface area contributed by atoms with Gasteiger partial charge in [-0.3, -0.25) is 0 Å². The van der Waals surface area contributed by atoms with Gasteiger partial charge in [0.25, 0.3) is 0 Å². The molecule has 1 aliphatic rings. The molecule has 1 aromatic carbocycles. The van der Waals surface area contributed by atoms with Crippen molar-refractivity contribution in [3.8, 4) is 0 Å². The number of benzene rings is 1. The first-order valence-electron chi connectivity index (χ1n) is 7.05. The lowest BCUT2D eigenvalue weighted by Gasteiger charge is -2.25. The maximum Gasteiger partial charge on any atom is 0.331 e. The zero-order chi connectivity index (χ0) is 14.4. The van der Waals surface area contributed by atoms with Gasteiger partial charge in [0.05, 0.1) is 6.61 Å². The van der Waals surface area contributed by atoms with Crippen LogP contribution in [-0.4, -0.2) is 25.7 Å². The third kappa shape index (κ3) is 3.90. The molecule has 0 spiro atoms. The first-order valence-corrected chi connectivity index (χ1v) is 7.05. The average Bonchev–Trinajstić information content (AvgIpc) is 2.47. The molecular formula is C16H20FNO2. The predicted octanol–water partition coefficient (Wildman–Crippen LogP) is 2.77. The largest absolute Gasteiger partial charge is 0.463 e. The zero-order valence-corrected chi connectivity index (χ0v) is 11.7. The Morgan fingerprint density at radius 1 is 1.35 bits per heavy atom. The van der Waals surface area contributed by atoms with Crippen molar-refractivity contribution in [2.24, 2.45) is 5.92 Å². The van der Waals surface area contributed by atoms with E-state index in [1.54, 1.807) is 25.1 Å². The van der Waals surface area contributed by atoms with Crippen molar-refractivity contribution in [2.75, 3.05) is 19.7 Å². The smallest absolute Gasteiger partial charge is 0.331 e. The summed E-state index contributed by atoms with van der Waals surface area (Å²) in [6.07, 6.45) is 3.51. The van der Waals surface area contributed by atoms with E-state index in [2.05, 4.69) is 5.32 Å². The number of piperidine rings is 1. The van der Waals surface area contributed by atoms with Crippen LogP contribution < -0.4 is 5.32 Å². The lowest BCUT2D eigenvalue weighted by molar-refractivity contribution is -0.137. The number of nitrogens with one attached hydrogen (secondary N) is 1. The first kappa shape index (κ1) is 14.7. The quantitative estimate of drug-likeness (QED) is 0.679. The summed E-state index contributed by atoms with van der Waals surface area (Å²) in [4.78, 5) is 11.7. The highest BCUT2D eigenvalue weighted by Gasteiger charge is 2.20. The summed E-state index contributed by atoms with van der Waals surface area (Å²) in [5.41, 5.74) is 1.84. The topological polar surface area (TPSA) is 38.3 Å². The molecule has 4 heteroatoms. The Morgan fingerprint density at radius 3 is 2.60 bits per heavy atom. The Bertz CT molecular complexity index is 476. The number of carbonyl (C=O) groups is 1. The predicted molar refractivity (Wildman–Crippen MR) is 76.6 cm³/mol. The molecule has 20 heavy (non-hydrogen) atoms. The fourth-order valence-corrected chi connectivity index (χ4v) is 2.52.